The fourth-order valence-electron chi connectivity index (χ4n) is 5.72. The van der Waals surface area contributed by atoms with Crippen LogP contribution in [0.15, 0.2) is 41.3 Å². The van der Waals surface area contributed by atoms with E-state index < -0.39 is 23.8 Å². The van der Waals surface area contributed by atoms with E-state index in [1.54, 1.807) is 39.9 Å². The maximum Gasteiger partial charge on any atom is 0.308 e. The Kier molecular flexibility index (Phi) is 10.1. The number of carbonyl (C=O) groups excluding carboxylic acids is 1. The van der Waals surface area contributed by atoms with Gasteiger partial charge in [0, 0.05) is 57.0 Å². The number of carboxylic acids is 1. The van der Waals surface area contributed by atoms with E-state index in [-0.39, 0.29) is 31.4 Å². The number of hydrogen-bond acceptors (Lipinski definition) is 8. The van der Waals surface area contributed by atoms with Crippen LogP contribution >= 0.6 is 0 Å². The minimum absolute atomic E-state index is 0.0107. The monoisotopic (exact) mass is 557 g/mol. The molecule has 2 aliphatic heterocycles. The lowest BCUT2D eigenvalue weighted by atomic mass is 9.84. The predicted molar refractivity (Wildman–Crippen MR) is 147 cm³/mol. The standard InChI is InChI=1S/C29H39N3O8/c1-3-4-10-30(12-7-14-33)26(35)18-32-17-21(20-15-23(38-2)28-24(16-20)39-19-40-28)27(29(36)37)22(32)9-13-31-11-6-5-8-25(31)34/h5-6,8,11,15-16,21-22,27,33H,3-4,7,9-10,12-14,17-19H2,1-2H3,(H,36,37)/t21-,22+,27-/m1/s1. The number of nitrogens with zero attached hydrogens (tertiary/aromatic N) is 3. The summed E-state index contributed by atoms with van der Waals surface area (Å²) in [5, 5.41) is 19.8. The van der Waals surface area contributed by atoms with Crippen molar-refractivity contribution in [3.8, 4) is 17.2 Å². The molecule has 0 bridgehead atoms. The maximum absolute atomic E-state index is 13.5. The summed E-state index contributed by atoms with van der Waals surface area (Å²) in [7, 11) is 1.52. The quantitative estimate of drug-likeness (QED) is 0.359. The molecule has 0 radical (unpaired) electrons. The maximum atomic E-state index is 13.5. The minimum atomic E-state index is -0.967. The van der Waals surface area contributed by atoms with Gasteiger partial charge in [-0.25, -0.2) is 0 Å². The number of ether oxygens (including phenoxy) is 3. The molecule has 0 spiro atoms. The Morgan fingerprint density at radius 1 is 1.18 bits per heavy atom. The van der Waals surface area contributed by atoms with Gasteiger partial charge in [0.15, 0.2) is 11.5 Å². The van der Waals surface area contributed by atoms with Crippen molar-refractivity contribution in [1.29, 1.82) is 0 Å². The van der Waals surface area contributed by atoms with Crippen molar-refractivity contribution in [2.75, 3.05) is 46.7 Å². The SMILES string of the molecule is CCCCN(CCCO)C(=O)CN1C[C@H](c2cc(OC)c3c(c2)OCO3)[C@@H](C(=O)O)[C@@H]1CCn1ccccc1=O. The number of carbonyl (C=O) groups is 2. The van der Waals surface area contributed by atoms with Gasteiger partial charge < -0.3 is 33.9 Å². The second kappa shape index (κ2) is 13.7. The number of aliphatic hydroxyl groups excluding tert-OH is 1. The molecule has 40 heavy (non-hydrogen) atoms. The molecular formula is C29H39N3O8. The molecule has 0 aliphatic carbocycles. The normalized spacial score (nSPS) is 20.0. The molecule has 1 fully saturated rings. The van der Waals surface area contributed by atoms with Crippen molar-refractivity contribution in [1.82, 2.24) is 14.4 Å². The summed E-state index contributed by atoms with van der Waals surface area (Å²) >= 11 is 0. The zero-order valence-electron chi connectivity index (χ0n) is 23.2. The van der Waals surface area contributed by atoms with E-state index in [0.29, 0.717) is 56.3 Å². The molecule has 1 amide bonds. The molecule has 3 heterocycles. The van der Waals surface area contributed by atoms with Crippen LogP contribution in [-0.2, 0) is 16.1 Å². The topological polar surface area (TPSA) is 131 Å². The Labute approximate surface area is 233 Å². The van der Waals surface area contributed by atoms with Gasteiger partial charge in [0.05, 0.1) is 19.6 Å². The number of aryl methyl sites for hydroxylation is 1. The first-order chi connectivity index (χ1) is 19.4. The van der Waals surface area contributed by atoms with Crippen LogP contribution in [-0.4, -0.2) is 89.2 Å². The Hall–Kier alpha value is -3.57. The highest BCUT2D eigenvalue weighted by molar-refractivity contribution is 5.79. The summed E-state index contributed by atoms with van der Waals surface area (Å²) in [5.74, 6) is -0.909. The van der Waals surface area contributed by atoms with Crippen molar-refractivity contribution in [2.24, 2.45) is 5.92 Å². The number of aliphatic hydroxyl groups is 1. The van der Waals surface area contributed by atoms with Crippen LogP contribution in [0.1, 0.15) is 44.1 Å². The molecule has 4 rings (SSSR count). The second-order valence-corrected chi connectivity index (χ2v) is 10.3. The molecule has 1 aromatic heterocycles. The van der Waals surface area contributed by atoms with Gasteiger partial charge in [-0.2, -0.15) is 0 Å². The van der Waals surface area contributed by atoms with Gasteiger partial charge in [-0.3, -0.25) is 19.3 Å². The Morgan fingerprint density at radius 2 is 1.98 bits per heavy atom. The number of likely N-dealkylation sites (tertiary alicyclic amines) is 1. The molecule has 2 aliphatic rings. The number of carboxylic acid groups (broad SMARTS) is 1. The highest BCUT2D eigenvalue weighted by Gasteiger charge is 2.47. The number of amides is 1. The van der Waals surface area contributed by atoms with E-state index in [4.69, 9.17) is 14.2 Å². The van der Waals surface area contributed by atoms with Crippen molar-refractivity contribution >= 4 is 11.9 Å². The third-order valence-corrected chi connectivity index (χ3v) is 7.77. The van der Waals surface area contributed by atoms with E-state index in [1.807, 2.05) is 4.90 Å². The molecule has 2 aromatic rings. The van der Waals surface area contributed by atoms with Gasteiger partial charge in [0.25, 0.3) is 0 Å². The Morgan fingerprint density at radius 3 is 2.67 bits per heavy atom. The number of hydrogen-bond donors (Lipinski definition) is 2. The van der Waals surface area contributed by atoms with Crippen molar-refractivity contribution < 1.29 is 34.0 Å². The predicted octanol–water partition coefficient (Wildman–Crippen LogP) is 2.16. The number of benzene rings is 1. The molecule has 0 unspecified atom stereocenters. The molecule has 2 N–H and O–H groups in total. The van der Waals surface area contributed by atoms with E-state index >= 15 is 0 Å². The number of fused-ring (bicyclic) bond motifs is 1. The van der Waals surface area contributed by atoms with Crippen molar-refractivity contribution in [3.05, 3.63) is 52.4 Å². The highest BCUT2D eigenvalue weighted by atomic mass is 16.7. The third kappa shape index (κ3) is 6.59. The molecular weight excluding hydrogens is 518 g/mol. The number of pyridine rings is 1. The Bertz CT molecular complexity index is 1220. The largest absolute Gasteiger partial charge is 0.493 e. The molecule has 218 valence electrons. The van der Waals surface area contributed by atoms with E-state index in [9.17, 15) is 24.6 Å². The summed E-state index contributed by atoms with van der Waals surface area (Å²) in [4.78, 5) is 42.4. The van der Waals surface area contributed by atoms with Gasteiger partial charge in [-0.15, -0.1) is 0 Å². The van der Waals surface area contributed by atoms with Crippen LogP contribution in [0, 0.1) is 5.92 Å². The lowest BCUT2D eigenvalue weighted by Gasteiger charge is -2.30. The smallest absolute Gasteiger partial charge is 0.308 e. The van der Waals surface area contributed by atoms with Gasteiger partial charge in [-0.1, -0.05) is 19.4 Å². The fourth-order valence-corrected chi connectivity index (χ4v) is 5.72. The van der Waals surface area contributed by atoms with E-state index in [2.05, 4.69) is 6.92 Å². The number of rotatable bonds is 14. The molecule has 1 saturated heterocycles. The Balaban J connectivity index is 1.65. The van der Waals surface area contributed by atoms with Gasteiger partial charge >= 0.3 is 5.97 Å². The van der Waals surface area contributed by atoms with Gasteiger partial charge in [-0.05, 0) is 43.0 Å². The average molecular weight is 558 g/mol. The van der Waals surface area contributed by atoms with Crippen LogP contribution in [0.2, 0.25) is 0 Å². The highest BCUT2D eigenvalue weighted by Crippen LogP contribution is 2.47. The summed E-state index contributed by atoms with van der Waals surface area (Å²) in [5.41, 5.74) is 0.565. The summed E-state index contributed by atoms with van der Waals surface area (Å²) in [6.45, 7) is 3.82. The van der Waals surface area contributed by atoms with Gasteiger partial charge in [0.1, 0.15) is 0 Å². The van der Waals surface area contributed by atoms with Crippen LogP contribution in [0.25, 0.3) is 0 Å². The third-order valence-electron chi connectivity index (χ3n) is 7.77. The number of methoxy groups -OCH3 is 1. The lowest BCUT2D eigenvalue weighted by Crippen LogP contribution is -2.45. The first-order valence-electron chi connectivity index (χ1n) is 13.9. The molecule has 3 atom stereocenters. The van der Waals surface area contributed by atoms with E-state index in [0.717, 1.165) is 18.4 Å². The molecule has 1 aromatic carbocycles. The van der Waals surface area contributed by atoms with Crippen LogP contribution in [0.4, 0.5) is 0 Å². The van der Waals surface area contributed by atoms with Crippen molar-refractivity contribution in [3.63, 3.8) is 0 Å². The summed E-state index contributed by atoms with van der Waals surface area (Å²) in [6.07, 6.45) is 4.31. The lowest BCUT2D eigenvalue weighted by molar-refractivity contribution is -0.144. The van der Waals surface area contributed by atoms with Crippen molar-refractivity contribution in [2.45, 2.75) is 51.1 Å². The first kappa shape index (κ1) is 29.4. The number of aliphatic carboxylic acids is 1. The molecule has 0 saturated carbocycles. The summed E-state index contributed by atoms with van der Waals surface area (Å²) < 4.78 is 18.2. The zero-order chi connectivity index (χ0) is 28.6. The minimum Gasteiger partial charge on any atom is -0.493 e. The zero-order valence-corrected chi connectivity index (χ0v) is 23.2. The fraction of sp³-hybridized carbons (Fsp3) is 0.552. The average Bonchev–Trinajstić information content (AvgIpc) is 3.57. The summed E-state index contributed by atoms with van der Waals surface area (Å²) in [6, 6.07) is 7.98. The van der Waals surface area contributed by atoms with Crippen LogP contribution in [0.3, 0.4) is 0 Å². The first-order valence-corrected chi connectivity index (χ1v) is 13.9. The van der Waals surface area contributed by atoms with Gasteiger partial charge in [0.2, 0.25) is 24.0 Å². The molecule has 11 heteroatoms. The van der Waals surface area contributed by atoms with Crippen LogP contribution in [0.5, 0.6) is 17.2 Å². The number of unbranched alkanes of at least 4 members (excludes halogenated alkanes) is 1. The molecule has 11 nitrogen and oxygen atoms in total. The second-order valence-electron chi connectivity index (χ2n) is 10.3. The van der Waals surface area contributed by atoms with Crippen LogP contribution < -0.4 is 19.8 Å². The van der Waals surface area contributed by atoms with E-state index in [1.165, 1.54) is 13.2 Å². The number of aromatic nitrogens is 1.